The molecule has 2 atom stereocenters. The Bertz CT molecular complexity index is 354. The van der Waals surface area contributed by atoms with Gasteiger partial charge in [-0.15, -0.1) is 24.8 Å². The molecule has 2 N–H and O–H groups in total. The first-order chi connectivity index (χ1) is 6.61. The van der Waals surface area contributed by atoms with E-state index in [-0.39, 0.29) is 37.0 Å². The molecular formula is C10H19Cl2N3O. The van der Waals surface area contributed by atoms with Gasteiger partial charge in [-0.05, 0) is 20.3 Å². The van der Waals surface area contributed by atoms with E-state index in [9.17, 15) is 0 Å². The van der Waals surface area contributed by atoms with Gasteiger partial charge in [0.2, 0.25) is 0 Å². The van der Waals surface area contributed by atoms with E-state index in [0.717, 1.165) is 24.4 Å². The van der Waals surface area contributed by atoms with Gasteiger partial charge in [-0.1, -0.05) is 0 Å². The molecule has 0 bridgehead atoms. The first kappa shape index (κ1) is 15.7. The molecule has 6 heteroatoms. The van der Waals surface area contributed by atoms with E-state index in [1.54, 1.807) is 0 Å². The van der Waals surface area contributed by atoms with Crippen molar-refractivity contribution in [1.82, 2.24) is 9.78 Å². The summed E-state index contributed by atoms with van der Waals surface area (Å²) in [6.07, 6.45) is 0.988. The molecule has 1 aliphatic heterocycles. The highest BCUT2D eigenvalue weighted by Gasteiger charge is 2.30. The first-order valence-electron chi connectivity index (χ1n) is 4.98. The van der Waals surface area contributed by atoms with Crippen molar-refractivity contribution < 1.29 is 4.74 Å². The second-order valence-electron chi connectivity index (χ2n) is 3.95. The summed E-state index contributed by atoms with van der Waals surface area (Å²) in [6, 6.07) is 0.122. The normalized spacial score (nSPS) is 23.8. The van der Waals surface area contributed by atoms with Crippen LogP contribution in [0.3, 0.4) is 0 Å². The minimum atomic E-state index is 0. The number of nitrogens with two attached hydrogens (primary N) is 1. The number of aryl methyl sites for hydroxylation is 2. The predicted molar refractivity (Wildman–Crippen MR) is 68.5 cm³/mol. The van der Waals surface area contributed by atoms with E-state index in [0.29, 0.717) is 0 Å². The minimum Gasteiger partial charge on any atom is -0.372 e. The molecule has 4 nitrogen and oxygen atoms in total. The molecule has 1 aromatic heterocycles. The van der Waals surface area contributed by atoms with E-state index in [1.807, 2.05) is 18.7 Å². The van der Waals surface area contributed by atoms with Crippen molar-refractivity contribution in [3.8, 4) is 0 Å². The quantitative estimate of drug-likeness (QED) is 0.843. The van der Waals surface area contributed by atoms with E-state index in [2.05, 4.69) is 12.0 Å². The number of aromatic nitrogens is 2. The zero-order chi connectivity index (χ0) is 10.3. The molecule has 16 heavy (non-hydrogen) atoms. The van der Waals surface area contributed by atoms with Crippen LogP contribution in [0.15, 0.2) is 0 Å². The maximum absolute atomic E-state index is 6.00. The van der Waals surface area contributed by atoms with Crippen LogP contribution in [0.2, 0.25) is 0 Å². The Hall–Kier alpha value is -0.290. The largest absolute Gasteiger partial charge is 0.372 e. The number of rotatable bonds is 1. The summed E-state index contributed by atoms with van der Waals surface area (Å²) in [5, 5.41) is 4.37. The molecule has 0 spiro atoms. The van der Waals surface area contributed by atoms with E-state index in [4.69, 9.17) is 10.5 Å². The molecule has 94 valence electrons. The lowest BCUT2D eigenvalue weighted by molar-refractivity contribution is 0.104. The molecule has 1 saturated heterocycles. The second-order valence-corrected chi connectivity index (χ2v) is 3.95. The zero-order valence-corrected chi connectivity index (χ0v) is 11.4. The molecule has 1 aliphatic rings. The maximum Gasteiger partial charge on any atom is 0.101 e. The number of ether oxygens (including phenoxy) is 1. The van der Waals surface area contributed by atoms with Crippen molar-refractivity contribution in [2.24, 2.45) is 12.8 Å². The van der Waals surface area contributed by atoms with Crippen LogP contribution < -0.4 is 5.73 Å². The third kappa shape index (κ3) is 2.51. The minimum absolute atomic E-state index is 0. The maximum atomic E-state index is 6.00. The van der Waals surface area contributed by atoms with Crippen LogP contribution in [0.25, 0.3) is 0 Å². The van der Waals surface area contributed by atoms with Gasteiger partial charge in [-0.25, -0.2) is 0 Å². The highest BCUT2D eigenvalue weighted by Crippen LogP contribution is 2.31. The monoisotopic (exact) mass is 267 g/mol. The third-order valence-corrected chi connectivity index (χ3v) is 2.99. The SMILES string of the molecule is Cc1nn(C)c(C)c1[C@H]1OCC[C@@H]1N.Cl.Cl. The predicted octanol–water partition coefficient (Wildman–Crippen LogP) is 1.67. The lowest BCUT2D eigenvalue weighted by atomic mass is 10.0. The van der Waals surface area contributed by atoms with Gasteiger partial charge in [0.05, 0.1) is 5.69 Å². The van der Waals surface area contributed by atoms with Gasteiger partial charge in [0.1, 0.15) is 6.10 Å². The van der Waals surface area contributed by atoms with Crippen LogP contribution in [0.5, 0.6) is 0 Å². The highest BCUT2D eigenvalue weighted by atomic mass is 35.5. The van der Waals surface area contributed by atoms with Gasteiger partial charge in [0, 0.05) is 31.0 Å². The first-order valence-corrected chi connectivity index (χ1v) is 4.98. The van der Waals surface area contributed by atoms with Crippen molar-refractivity contribution in [3.05, 3.63) is 17.0 Å². The lowest BCUT2D eigenvalue weighted by Gasteiger charge is -2.15. The van der Waals surface area contributed by atoms with E-state index in [1.165, 1.54) is 5.56 Å². The Labute approximate surface area is 108 Å². The Morgan fingerprint density at radius 1 is 1.38 bits per heavy atom. The molecule has 0 amide bonds. The van der Waals surface area contributed by atoms with Crippen molar-refractivity contribution in [2.45, 2.75) is 32.4 Å². The van der Waals surface area contributed by atoms with Crippen LogP contribution in [-0.4, -0.2) is 22.4 Å². The summed E-state index contributed by atoms with van der Waals surface area (Å²) in [7, 11) is 1.95. The third-order valence-electron chi connectivity index (χ3n) is 2.99. The fourth-order valence-corrected chi connectivity index (χ4v) is 2.11. The topological polar surface area (TPSA) is 53.1 Å². The molecular weight excluding hydrogens is 249 g/mol. The van der Waals surface area contributed by atoms with Crippen LogP contribution in [-0.2, 0) is 11.8 Å². The summed E-state index contributed by atoms with van der Waals surface area (Å²) >= 11 is 0. The van der Waals surface area contributed by atoms with Gasteiger partial charge < -0.3 is 10.5 Å². The highest BCUT2D eigenvalue weighted by molar-refractivity contribution is 5.85. The summed E-state index contributed by atoms with van der Waals surface area (Å²) < 4.78 is 7.54. The number of nitrogens with zero attached hydrogens (tertiary/aromatic N) is 2. The fraction of sp³-hybridized carbons (Fsp3) is 0.700. The zero-order valence-electron chi connectivity index (χ0n) is 9.77. The second kappa shape index (κ2) is 5.87. The average Bonchev–Trinajstić information content (AvgIpc) is 2.60. The average molecular weight is 268 g/mol. The molecule has 2 heterocycles. The Kier molecular flexibility index (Phi) is 5.76. The number of halogens is 2. The van der Waals surface area contributed by atoms with Crippen molar-refractivity contribution >= 4 is 24.8 Å². The van der Waals surface area contributed by atoms with Gasteiger partial charge in [0.15, 0.2) is 0 Å². The molecule has 1 aromatic rings. The van der Waals surface area contributed by atoms with Crippen molar-refractivity contribution in [1.29, 1.82) is 0 Å². The van der Waals surface area contributed by atoms with Gasteiger partial charge >= 0.3 is 0 Å². The summed E-state index contributed by atoms with van der Waals surface area (Å²) in [4.78, 5) is 0. The Morgan fingerprint density at radius 3 is 2.38 bits per heavy atom. The standard InChI is InChI=1S/C10H17N3O.2ClH/c1-6-9(7(2)13(3)12-6)10-8(11)4-5-14-10;;/h8,10H,4-5,11H2,1-3H3;2*1H/t8-,10-;;/m0../s1. The van der Waals surface area contributed by atoms with Gasteiger partial charge in [0.25, 0.3) is 0 Å². The van der Waals surface area contributed by atoms with Crippen LogP contribution >= 0.6 is 24.8 Å². The lowest BCUT2D eigenvalue weighted by Crippen LogP contribution is -2.24. The van der Waals surface area contributed by atoms with Crippen LogP contribution in [0.4, 0.5) is 0 Å². The van der Waals surface area contributed by atoms with Crippen LogP contribution in [0, 0.1) is 13.8 Å². The van der Waals surface area contributed by atoms with E-state index >= 15 is 0 Å². The summed E-state index contributed by atoms with van der Waals surface area (Å²) in [5.41, 5.74) is 9.37. The van der Waals surface area contributed by atoms with Gasteiger partial charge in [-0.2, -0.15) is 5.10 Å². The van der Waals surface area contributed by atoms with Gasteiger partial charge in [-0.3, -0.25) is 4.68 Å². The molecule has 0 unspecified atom stereocenters. The van der Waals surface area contributed by atoms with Crippen LogP contribution in [0.1, 0.15) is 29.5 Å². The Balaban J connectivity index is 0.00000112. The molecule has 2 rings (SSSR count). The summed E-state index contributed by atoms with van der Waals surface area (Å²) in [6.45, 7) is 4.83. The molecule has 0 saturated carbocycles. The van der Waals surface area contributed by atoms with Crippen molar-refractivity contribution in [2.75, 3.05) is 6.61 Å². The smallest absolute Gasteiger partial charge is 0.101 e. The molecule has 0 aliphatic carbocycles. The fourth-order valence-electron chi connectivity index (χ4n) is 2.11. The molecule has 0 radical (unpaired) electrons. The van der Waals surface area contributed by atoms with E-state index < -0.39 is 0 Å². The Morgan fingerprint density at radius 2 is 2.00 bits per heavy atom. The summed E-state index contributed by atoms with van der Waals surface area (Å²) in [5.74, 6) is 0. The molecule has 0 aromatic carbocycles. The number of hydrogen-bond donors (Lipinski definition) is 1. The van der Waals surface area contributed by atoms with Crippen molar-refractivity contribution in [3.63, 3.8) is 0 Å². The molecule has 1 fully saturated rings. The number of hydrogen-bond acceptors (Lipinski definition) is 3.